The molecule has 66 heavy (non-hydrogen) atoms. The molecule has 1 saturated carbocycles. The van der Waals surface area contributed by atoms with Gasteiger partial charge in [-0.15, -0.1) is 0 Å². The number of benzene rings is 3. The van der Waals surface area contributed by atoms with E-state index in [0.29, 0.717) is 33.3 Å². The molecule has 0 aliphatic heterocycles. The average molecular weight is 954 g/mol. The predicted octanol–water partition coefficient (Wildman–Crippen LogP) is 7.63. The summed E-state index contributed by atoms with van der Waals surface area (Å²) in [6.45, 7) is 2.12. The number of hydrogen-bond acceptors (Lipinski definition) is 9. The summed E-state index contributed by atoms with van der Waals surface area (Å²) in [5, 5.41) is 11.2. The van der Waals surface area contributed by atoms with Crippen molar-refractivity contribution in [3.8, 4) is 11.4 Å². The Morgan fingerprint density at radius 3 is 2.35 bits per heavy atom. The van der Waals surface area contributed by atoms with Crippen molar-refractivity contribution in [1.82, 2.24) is 39.4 Å². The van der Waals surface area contributed by atoms with Gasteiger partial charge in [0, 0.05) is 36.7 Å². The van der Waals surface area contributed by atoms with Gasteiger partial charge in [-0.3, -0.25) is 23.5 Å². The lowest BCUT2D eigenvalue weighted by molar-refractivity contribution is -0.123. The first-order valence-electron chi connectivity index (χ1n) is 20.3. The molecule has 344 valence electrons. The third kappa shape index (κ3) is 7.70. The number of anilines is 1. The molecule has 0 spiro atoms. The van der Waals surface area contributed by atoms with E-state index >= 15 is 13.6 Å². The number of nitrogens with zero attached hydrogens (tertiary/aromatic N) is 8. The van der Waals surface area contributed by atoms with Crippen molar-refractivity contribution in [1.29, 1.82) is 0 Å². The van der Waals surface area contributed by atoms with Gasteiger partial charge in [-0.1, -0.05) is 23.7 Å². The number of hydrogen-bond donors (Lipinski definition) is 1. The van der Waals surface area contributed by atoms with Gasteiger partial charge in [-0.05, 0) is 85.3 Å². The third-order valence-corrected chi connectivity index (χ3v) is 13.3. The van der Waals surface area contributed by atoms with Gasteiger partial charge in [0.05, 0.1) is 53.0 Å². The van der Waals surface area contributed by atoms with Crippen LogP contribution in [0.1, 0.15) is 70.0 Å². The molecular weight excluding hydrogens is 916 g/mol. The Labute approximate surface area is 376 Å². The Morgan fingerprint density at radius 1 is 1.00 bits per heavy atom. The summed E-state index contributed by atoms with van der Waals surface area (Å²) in [6, 6.07) is 12.2. The summed E-state index contributed by atoms with van der Waals surface area (Å²) in [7, 11) is -1.12. The fourth-order valence-corrected chi connectivity index (χ4v) is 10.1. The minimum atomic E-state index is -4.09. The van der Waals surface area contributed by atoms with Gasteiger partial charge in [0.25, 0.3) is 17.9 Å². The first-order chi connectivity index (χ1) is 31.2. The Kier molecular flexibility index (Phi) is 10.9. The summed E-state index contributed by atoms with van der Waals surface area (Å²) in [4.78, 5) is 38.6. The van der Waals surface area contributed by atoms with Crippen molar-refractivity contribution < 1.29 is 44.3 Å². The largest absolute Gasteiger partial charge is 0.497 e. The van der Waals surface area contributed by atoms with Gasteiger partial charge >= 0.3 is 0 Å². The predicted molar refractivity (Wildman–Crippen MR) is 231 cm³/mol. The van der Waals surface area contributed by atoms with Crippen molar-refractivity contribution in [3.63, 3.8) is 0 Å². The van der Waals surface area contributed by atoms with E-state index in [1.807, 2.05) is 0 Å². The maximum atomic E-state index is 15.6. The van der Waals surface area contributed by atoms with Gasteiger partial charge in [0.15, 0.2) is 11.5 Å². The molecule has 4 aromatic heterocycles. The van der Waals surface area contributed by atoms with Gasteiger partial charge in [0.1, 0.15) is 41.1 Å². The number of carbonyl (C=O) groups is 1. The topological polar surface area (TPSA) is 159 Å². The summed E-state index contributed by atoms with van der Waals surface area (Å²) in [6.07, 6.45) is -2.70. The van der Waals surface area contributed by atoms with E-state index in [4.69, 9.17) is 21.3 Å². The van der Waals surface area contributed by atoms with Crippen LogP contribution in [0.3, 0.4) is 0 Å². The molecule has 0 radical (unpaired) electrons. The number of alkyl halides is 4. The van der Waals surface area contributed by atoms with Crippen LogP contribution >= 0.6 is 11.6 Å². The van der Waals surface area contributed by atoms with Crippen molar-refractivity contribution in [2.45, 2.75) is 64.1 Å². The maximum Gasteiger partial charge on any atom is 0.293 e. The highest BCUT2D eigenvalue weighted by Gasteiger charge is 2.67. The van der Waals surface area contributed by atoms with Crippen LogP contribution in [-0.2, 0) is 47.3 Å². The van der Waals surface area contributed by atoms with Crippen molar-refractivity contribution in [3.05, 3.63) is 133 Å². The standard InChI is InChI=1S/C44H38ClF6N9O5S/c1-20-12-21(2)52-40-33(20)43(62)60(31-11-10-29(45)35-37(31)57(3)56-42(35)59(66(5,63)64)18-22-6-8-26(65-4)9-7-22)41(54-40)30(15-23-13-24(46)16-25(47)14-23)53-32(61)19-58-38-34(36(55-58)39(48)49)27-17-28(27)44(38,50)51/h6-14,16,27-28,30,39H,15,17-19H2,1-5H3,(H,53,61)/t27-,28+,30?/m0/s1. The normalized spacial score (nSPS) is 16.7. The van der Waals surface area contributed by atoms with E-state index in [1.54, 1.807) is 44.2 Å². The van der Waals surface area contributed by atoms with Gasteiger partial charge in [0.2, 0.25) is 15.9 Å². The molecule has 1 amide bonds. The molecule has 9 rings (SSSR count). The maximum absolute atomic E-state index is 15.6. The fraction of sp³-hybridized carbons (Fsp3) is 0.318. The third-order valence-electron chi connectivity index (χ3n) is 11.9. The van der Waals surface area contributed by atoms with Crippen LogP contribution in [0.2, 0.25) is 5.02 Å². The summed E-state index contributed by atoms with van der Waals surface area (Å²) in [5.41, 5.74) is -1.23. The van der Waals surface area contributed by atoms with Crippen LogP contribution in [-0.4, -0.2) is 61.8 Å². The van der Waals surface area contributed by atoms with E-state index in [1.165, 1.54) is 31.0 Å². The SMILES string of the molecule is COc1ccc(CN(c2nn(C)c3c(-n4c(C(Cc5cc(F)cc(F)c5)NC(=O)Cn5nc(C(F)F)c6c5C(F)(F)[C@@H]5C[C@H]65)nc5nc(C)cc(C)c5c4=O)ccc(Cl)c23)S(C)(=O)=O)cc1. The molecule has 0 bridgehead atoms. The van der Waals surface area contributed by atoms with Crippen molar-refractivity contribution in [2.75, 3.05) is 17.7 Å². The molecule has 4 heterocycles. The monoisotopic (exact) mass is 953 g/mol. The Morgan fingerprint density at radius 2 is 1.70 bits per heavy atom. The van der Waals surface area contributed by atoms with Crippen LogP contribution < -0.4 is 19.9 Å². The molecular formula is C44H38ClF6N9O5S. The number of sulfonamides is 1. The van der Waals surface area contributed by atoms with Crippen LogP contribution in [0.25, 0.3) is 27.6 Å². The molecule has 3 aromatic carbocycles. The lowest BCUT2D eigenvalue weighted by Gasteiger charge is -2.24. The number of ether oxygens (including phenoxy) is 1. The highest BCUT2D eigenvalue weighted by molar-refractivity contribution is 7.92. The van der Waals surface area contributed by atoms with Gasteiger partial charge in [-0.25, -0.2) is 40.3 Å². The van der Waals surface area contributed by atoms with Crippen LogP contribution in [0.4, 0.5) is 32.2 Å². The number of pyridine rings is 1. The molecule has 2 aliphatic rings. The lowest BCUT2D eigenvalue weighted by atomic mass is 10.0. The minimum Gasteiger partial charge on any atom is -0.497 e. The van der Waals surface area contributed by atoms with Gasteiger partial charge < -0.3 is 10.1 Å². The second kappa shape index (κ2) is 16.1. The number of aryl methyl sites for hydroxylation is 3. The van der Waals surface area contributed by atoms with E-state index in [2.05, 4.69) is 20.5 Å². The Balaban J connectivity index is 1.24. The van der Waals surface area contributed by atoms with Crippen LogP contribution in [0.15, 0.2) is 65.5 Å². The molecule has 22 heteroatoms. The smallest absolute Gasteiger partial charge is 0.293 e. The number of carbonyl (C=O) groups excluding carboxylic acids is 1. The highest BCUT2D eigenvalue weighted by atomic mass is 35.5. The Bertz CT molecular complexity index is 3300. The molecule has 0 saturated heterocycles. The van der Waals surface area contributed by atoms with E-state index < -0.39 is 87.7 Å². The van der Waals surface area contributed by atoms with E-state index in [9.17, 15) is 30.8 Å². The first kappa shape index (κ1) is 44.7. The van der Waals surface area contributed by atoms with E-state index in [0.717, 1.165) is 27.3 Å². The van der Waals surface area contributed by atoms with Gasteiger partial charge in [-0.2, -0.15) is 19.0 Å². The zero-order valence-electron chi connectivity index (χ0n) is 35.6. The van der Waals surface area contributed by atoms with E-state index in [-0.39, 0.29) is 68.4 Å². The summed E-state index contributed by atoms with van der Waals surface area (Å²) < 4.78 is 125. The molecule has 1 N–H and O–H groups in total. The lowest BCUT2D eigenvalue weighted by Crippen LogP contribution is -2.38. The number of rotatable bonds is 13. The zero-order chi connectivity index (χ0) is 47.3. The average Bonchev–Trinajstić information content (AvgIpc) is 3.76. The molecule has 2 aliphatic carbocycles. The number of nitrogens with one attached hydrogen (secondary N) is 1. The first-order valence-corrected chi connectivity index (χ1v) is 22.6. The highest BCUT2D eigenvalue weighted by Crippen LogP contribution is 2.68. The zero-order valence-corrected chi connectivity index (χ0v) is 37.2. The second-order valence-corrected chi connectivity index (χ2v) is 18.8. The second-order valence-electron chi connectivity index (χ2n) is 16.5. The van der Waals surface area contributed by atoms with Crippen molar-refractivity contribution in [2.24, 2.45) is 13.0 Å². The Hall–Kier alpha value is -6.48. The van der Waals surface area contributed by atoms with Crippen LogP contribution in [0, 0.1) is 31.4 Å². The summed E-state index contributed by atoms with van der Waals surface area (Å²) >= 11 is 6.89. The number of amides is 1. The quantitative estimate of drug-likeness (QED) is 0.115. The molecule has 14 nitrogen and oxygen atoms in total. The fourth-order valence-electron chi connectivity index (χ4n) is 9.07. The molecule has 1 unspecified atom stereocenters. The van der Waals surface area contributed by atoms with Crippen molar-refractivity contribution >= 4 is 55.3 Å². The van der Waals surface area contributed by atoms with Crippen LogP contribution in [0.5, 0.6) is 5.75 Å². The molecule has 7 aromatic rings. The number of fused-ring (bicyclic) bond motifs is 5. The number of aromatic nitrogens is 7. The molecule has 1 fully saturated rings. The summed E-state index contributed by atoms with van der Waals surface area (Å²) in [5.74, 6) is -8.47. The molecule has 3 atom stereocenters. The number of halogens is 7. The minimum absolute atomic E-state index is 0.00684. The number of methoxy groups -OCH3 is 1.